The second-order valence-corrected chi connectivity index (χ2v) is 2.89. The van der Waals surface area contributed by atoms with Crippen LogP contribution in [0.1, 0.15) is 23.2 Å². The van der Waals surface area contributed by atoms with Crippen molar-refractivity contribution in [1.82, 2.24) is 25.1 Å². The molecule has 15 heavy (non-hydrogen) atoms. The molecule has 0 atom stereocenters. The molecule has 0 unspecified atom stereocenters. The Kier molecular flexibility index (Phi) is 2.20. The summed E-state index contributed by atoms with van der Waals surface area (Å²) >= 11 is 0. The summed E-state index contributed by atoms with van der Waals surface area (Å²) in [4.78, 5) is 21.3. The molecule has 0 aromatic carbocycles. The van der Waals surface area contributed by atoms with Gasteiger partial charge in [-0.2, -0.15) is 5.10 Å². The maximum Gasteiger partial charge on any atom is 0.354 e. The van der Waals surface area contributed by atoms with Crippen LogP contribution in [0.15, 0.2) is 6.33 Å². The molecule has 2 rings (SSSR count). The van der Waals surface area contributed by atoms with Crippen molar-refractivity contribution in [2.24, 2.45) is 0 Å². The van der Waals surface area contributed by atoms with Crippen LogP contribution in [-0.2, 0) is 6.42 Å². The van der Waals surface area contributed by atoms with Crippen LogP contribution in [0.2, 0.25) is 0 Å². The number of hydrogen-bond acceptors (Lipinski definition) is 4. The molecule has 0 aliphatic carbocycles. The summed E-state index contributed by atoms with van der Waals surface area (Å²) in [5.74, 6) is -0.0832. The molecule has 0 aliphatic heterocycles. The first-order chi connectivity index (χ1) is 7.22. The summed E-state index contributed by atoms with van der Waals surface area (Å²) in [6.45, 7) is 1.92. The highest BCUT2D eigenvalue weighted by Crippen LogP contribution is 2.15. The van der Waals surface area contributed by atoms with Crippen molar-refractivity contribution in [2.45, 2.75) is 13.3 Å². The van der Waals surface area contributed by atoms with Gasteiger partial charge in [-0.3, -0.25) is 5.10 Å². The van der Waals surface area contributed by atoms with Crippen molar-refractivity contribution in [3.63, 3.8) is 0 Å². The molecule has 0 amide bonds. The molecular formula is C8H9N5O2. The largest absolute Gasteiger partial charge is 0.477 e. The number of nitrogens with one attached hydrogen (secondary N) is 2. The van der Waals surface area contributed by atoms with E-state index in [0.29, 0.717) is 18.1 Å². The number of aryl methyl sites for hydroxylation is 1. The molecule has 7 nitrogen and oxygen atoms in total. The molecule has 0 saturated carbocycles. The van der Waals surface area contributed by atoms with Crippen molar-refractivity contribution >= 4 is 5.97 Å². The van der Waals surface area contributed by atoms with Gasteiger partial charge in [-0.05, 0) is 0 Å². The average Bonchev–Trinajstić information content (AvgIpc) is 2.85. The fourth-order valence-electron chi connectivity index (χ4n) is 1.19. The van der Waals surface area contributed by atoms with Gasteiger partial charge >= 0.3 is 5.97 Å². The normalized spacial score (nSPS) is 10.5. The van der Waals surface area contributed by atoms with Crippen LogP contribution in [0.3, 0.4) is 0 Å². The maximum absolute atomic E-state index is 10.8. The van der Waals surface area contributed by atoms with Crippen LogP contribution in [0.25, 0.3) is 11.5 Å². The highest BCUT2D eigenvalue weighted by molar-refractivity contribution is 5.91. The topological polar surface area (TPSA) is 108 Å². The number of carboxylic acid groups (broad SMARTS) is 1. The van der Waals surface area contributed by atoms with Crippen molar-refractivity contribution < 1.29 is 9.90 Å². The molecule has 78 valence electrons. The molecular weight excluding hydrogens is 198 g/mol. The fraction of sp³-hybridized carbons (Fsp3) is 0.250. The van der Waals surface area contributed by atoms with Crippen molar-refractivity contribution in [3.05, 3.63) is 17.8 Å². The number of carboxylic acids is 1. The monoisotopic (exact) mass is 207 g/mol. The molecule has 0 saturated heterocycles. The van der Waals surface area contributed by atoms with Crippen LogP contribution in [0, 0.1) is 0 Å². The number of imidazole rings is 1. The van der Waals surface area contributed by atoms with Gasteiger partial charge in [-0.15, -0.1) is 0 Å². The lowest BCUT2D eigenvalue weighted by Gasteiger charge is -1.91. The lowest BCUT2D eigenvalue weighted by Crippen LogP contribution is -1.99. The van der Waals surface area contributed by atoms with Gasteiger partial charge < -0.3 is 10.1 Å². The Morgan fingerprint density at radius 1 is 1.60 bits per heavy atom. The van der Waals surface area contributed by atoms with E-state index in [2.05, 4.69) is 25.1 Å². The van der Waals surface area contributed by atoms with E-state index in [9.17, 15) is 4.79 Å². The van der Waals surface area contributed by atoms with Crippen LogP contribution in [-0.4, -0.2) is 36.2 Å². The Morgan fingerprint density at radius 3 is 3.00 bits per heavy atom. The number of H-pyrrole nitrogens is 2. The SMILES string of the molecule is CCc1nc(-c2nc[nH]c2C(=O)O)n[nH]1. The van der Waals surface area contributed by atoms with Gasteiger partial charge in [0.2, 0.25) is 5.82 Å². The van der Waals surface area contributed by atoms with E-state index in [0.717, 1.165) is 0 Å². The minimum Gasteiger partial charge on any atom is -0.477 e. The van der Waals surface area contributed by atoms with Crippen molar-refractivity contribution in [2.75, 3.05) is 0 Å². The standard InChI is InChI=1S/C8H9N5O2/c1-2-4-11-7(13-12-4)5-6(8(14)15)10-3-9-5/h3H,2H2,1H3,(H,9,10)(H,14,15)(H,11,12,13). The van der Waals surface area contributed by atoms with Crippen molar-refractivity contribution in [1.29, 1.82) is 0 Å². The maximum atomic E-state index is 10.8. The lowest BCUT2D eigenvalue weighted by molar-refractivity contribution is 0.0692. The molecule has 3 N–H and O–H groups in total. The number of aromatic carboxylic acids is 1. The van der Waals surface area contributed by atoms with Gasteiger partial charge in [0.25, 0.3) is 0 Å². The number of rotatable bonds is 3. The molecule has 0 radical (unpaired) electrons. The van der Waals surface area contributed by atoms with Gasteiger partial charge in [-0.1, -0.05) is 6.92 Å². The van der Waals surface area contributed by atoms with Gasteiger partial charge in [0.15, 0.2) is 5.69 Å². The van der Waals surface area contributed by atoms with Crippen LogP contribution in [0.4, 0.5) is 0 Å². The Labute approximate surface area is 84.6 Å². The smallest absolute Gasteiger partial charge is 0.354 e. The third-order valence-corrected chi connectivity index (χ3v) is 1.93. The second kappa shape index (κ2) is 3.52. The Bertz CT molecular complexity index is 487. The quantitative estimate of drug-likeness (QED) is 0.677. The summed E-state index contributed by atoms with van der Waals surface area (Å²) < 4.78 is 0. The molecule has 0 fully saturated rings. The summed E-state index contributed by atoms with van der Waals surface area (Å²) in [5.41, 5.74) is 0.245. The number of carbonyl (C=O) groups is 1. The number of aromatic nitrogens is 5. The molecule has 7 heteroatoms. The summed E-state index contributed by atoms with van der Waals surface area (Å²) in [5, 5.41) is 15.4. The molecule has 0 aliphatic rings. The fourth-order valence-corrected chi connectivity index (χ4v) is 1.19. The summed E-state index contributed by atoms with van der Waals surface area (Å²) in [6, 6.07) is 0. The van der Waals surface area contributed by atoms with Gasteiger partial charge in [-0.25, -0.2) is 14.8 Å². The zero-order chi connectivity index (χ0) is 10.8. The zero-order valence-corrected chi connectivity index (χ0v) is 7.98. The number of nitrogens with zero attached hydrogens (tertiary/aromatic N) is 3. The Balaban J connectivity index is 2.44. The van der Waals surface area contributed by atoms with E-state index in [1.54, 1.807) is 0 Å². The third kappa shape index (κ3) is 1.58. The second-order valence-electron chi connectivity index (χ2n) is 2.89. The highest BCUT2D eigenvalue weighted by Gasteiger charge is 2.17. The van der Waals surface area contributed by atoms with Gasteiger partial charge in [0.1, 0.15) is 11.5 Å². The van der Waals surface area contributed by atoms with E-state index in [1.165, 1.54) is 6.33 Å². The first kappa shape index (κ1) is 9.38. The van der Waals surface area contributed by atoms with Crippen LogP contribution < -0.4 is 0 Å². The third-order valence-electron chi connectivity index (χ3n) is 1.93. The molecule has 2 aromatic heterocycles. The Hall–Kier alpha value is -2.18. The lowest BCUT2D eigenvalue weighted by atomic mass is 10.3. The van der Waals surface area contributed by atoms with Gasteiger partial charge in [0.05, 0.1) is 6.33 Å². The van der Waals surface area contributed by atoms with Gasteiger partial charge in [0, 0.05) is 6.42 Å². The zero-order valence-electron chi connectivity index (χ0n) is 7.98. The minimum atomic E-state index is -1.08. The predicted octanol–water partition coefficient (Wildman–Crippen LogP) is 0.455. The van der Waals surface area contributed by atoms with Crippen LogP contribution >= 0.6 is 0 Å². The van der Waals surface area contributed by atoms with E-state index in [-0.39, 0.29) is 11.4 Å². The molecule has 0 bridgehead atoms. The molecule has 2 heterocycles. The van der Waals surface area contributed by atoms with Crippen LogP contribution in [0.5, 0.6) is 0 Å². The van der Waals surface area contributed by atoms with Crippen molar-refractivity contribution in [3.8, 4) is 11.5 Å². The first-order valence-electron chi connectivity index (χ1n) is 4.40. The average molecular weight is 207 g/mol. The van der Waals surface area contributed by atoms with E-state index in [4.69, 9.17) is 5.11 Å². The Morgan fingerprint density at radius 2 is 2.40 bits per heavy atom. The predicted molar refractivity (Wildman–Crippen MR) is 50.3 cm³/mol. The van der Waals surface area contributed by atoms with E-state index < -0.39 is 5.97 Å². The summed E-state index contributed by atoms with van der Waals surface area (Å²) in [6.07, 6.45) is 2.01. The molecule has 0 spiro atoms. The first-order valence-corrected chi connectivity index (χ1v) is 4.40. The summed E-state index contributed by atoms with van der Waals surface area (Å²) in [7, 11) is 0. The van der Waals surface area contributed by atoms with E-state index >= 15 is 0 Å². The number of hydrogen-bond donors (Lipinski definition) is 3. The minimum absolute atomic E-state index is 0.00310. The highest BCUT2D eigenvalue weighted by atomic mass is 16.4. The van der Waals surface area contributed by atoms with E-state index in [1.807, 2.05) is 6.92 Å². The number of aromatic amines is 2. The molecule has 2 aromatic rings.